The van der Waals surface area contributed by atoms with Crippen LogP contribution >= 0.6 is 0 Å². The number of rotatable bonds is 8. The summed E-state index contributed by atoms with van der Waals surface area (Å²) in [4.78, 5) is 15.9. The van der Waals surface area contributed by atoms with E-state index in [4.69, 9.17) is 4.74 Å². The van der Waals surface area contributed by atoms with E-state index in [1.54, 1.807) is 6.20 Å². The number of aromatic nitrogens is 1. The van der Waals surface area contributed by atoms with Crippen molar-refractivity contribution in [3.05, 3.63) is 24.0 Å². The Bertz CT molecular complexity index is 461. The van der Waals surface area contributed by atoms with Crippen LogP contribution in [0.15, 0.2) is 18.3 Å². The molecule has 1 heterocycles. The van der Waals surface area contributed by atoms with Gasteiger partial charge in [0.15, 0.2) is 0 Å². The summed E-state index contributed by atoms with van der Waals surface area (Å²) in [6.07, 6.45) is 13.6. The molecule has 23 heavy (non-hydrogen) atoms. The zero-order valence-corrected chi connectivity index (χ0v) is 14.7. The first-order valence-corrected chi connectivity index (χ1v) is 9.36. The van der Waals surface area contributed by atoms with Gasteiger partial charge in [-0.15, -0.1) is 0 Å². The van der Waals surface area contributed by atoms with Crippen LogP contribution in [0.4, 0.5) is 0 Å². The molecule has 0 aliphatic heterocycles. The summed E-state index contributed by atoms with van der Waals surface area (Å²) in [5, 5.41) is 0. The maximum atomic E-state index is 11.5. The Labute approximate surface area is 140 Å². The molecule has 1 fully saturated rings. The number of carbonyl (C=O) groups is 1. The van der Waals surface area contributed by atoms with Gasteiger partial charge in [-0.2, -0.15) is 0 Å². The smallest absolute Gasteiger partial charge is 0.311 e. The van der Waals surface area contributed by atoms with Gasteiger partial charge in [0.25, 0.3) is 0 Å². The summed E-state index contributed by atoms with van der Waals surface area (Å²) in [6, 6.07) is 3.87. The molecule has 1 aliphatic carbocycles. The first-order valence-electron chi connectivity index (χ1n) is 9.36. The molecule has 0 atom stereocenters. The number of pyridine rings is 1. The van der Waals surface area contributed by atoms with E-state index in [1.807, 2.05) is 19.1 Å². The number of aryl methyl sites for hydroxylation is 1. The van der Waals surface area contributed by atoms with Crippen LogP contribution in [0, 0.1) is 11.8 Å². The highest BCUT2D eigenvalue weighted by Gasteiger charge is 2.20. The first-order chi connectivity index (χ1) is 11.2. The minimum atomic E-state index is -0.175. The monoisotopic (exact) mass is 317 g/mol. The number of carbonyl (C=O) groups excluding carboxylic acids is 1. The van der Waals surface area contributed by atoms with Crippen molar-refractivity contribution in [1.29, 1.82) is 0 Å². The van der Waals surface area contributed by atoms with E-state index >= 15 is 0 Å². The van der Waals surface area contributed by atoms with Crippen LogP contribution < -0.4 is 4.74 Å². The molecular weight excluding hydrogens is 286 g/mol. The van der Waals surface area contributed by atoms with Crippen LogP contribution in [-0.4, -0.2) is 11.0 Å². The first kappa shape index (κ1) is 18.0. The summed E-state index contributed by atoms with van der Waals surface area (Å²) < 4.78 is 5.24. The molecule has 0 amide bonds. The second-order valence-electron chi connectivity index (χ2n) is 6.92. The van der Waals surface area contributed by atoms with Crippen LogP contribution in [0.1, 0.15) is 77.3 Å². The minimum absolute atomic E-state index is 0.175. The number of nitrogens with zero attached hydrogens (tertiary/aromatic N) is 1. The van der Waals surface area contributed by atoms with Gasteiger partial charge in [-0.05, 0) is 43.2 Å². The van der Waals surface area contributed by atoms with Crippen molar-refractivity contribution in [3.63, 3.8) is 0 Å². The molecule has 3 heteroatoms. The number of esters is 1. The lowest BCUT2D eigenvalue weighted by Crippen LogP contribution is -2.15. The largest absolute Gasteiger partial charge is 0.425 e. The number of ether oxygens (including phenoxy) is 1. The lowest BCUT2D eigenvalue weighted by atomic mass is 9.78. The Morgan fingerprint density at radius 3 is 2.35 bits per heavy atom. The zero-order chi connectivity index (χ0) is 16.5. The predicted octanol–water partition coefficient (Wildman–Crippen LogP) is 5.33. The fourth-order valence-electron chi connectivity index (χ4n) is 3.57. The van der Waals surface area contributed by atoms with Crippen LogP contribution in [0.3, 0.4) is 0 Å². The lowest BCUT2D eigenvalue weighted by molar-refractivity contribution is -0.134. The van der Waals surface area contributed by atoms with E-state index in [2.05, 4.69) is 11.9 Å². The molecule has 0 saturated heterocycles. The molecule has 1 aromatic rings. The topological polar surface area (TPSA) is 39.2 Å². The van der Waals surface area contributed by atoms with Crippen LogP contribution in [-0.2, 0) is 11.2 Å². The van der Waals surface area contributed by atoms with Crippen molar-refractivity contribution in [2.45, 2.75) is 78.1 Å². The van der Waals surface area contributed by atoms with E-state index < -0.39 is 0 Å². The van der Waals surface area contributed by atoms with E-state index in [-0.39, 0.29) is 5.97 Å². The number of hydrogen-bond acceptors (Lipinski definition) is 3. The summed E-state index contributed by atoms with van der Waals surface area (Å²) in [7, 11) is 0. The summed E-state index contributed by atoms with van der Waals surface area (Å²) >= 11 is 0. The third kappa shape index (κ3) is 6.32. The SMILES string of the molecule is CCCC(=O)Oc1ccc(CC[C@H]2CC[C@H](CCC)CC2)nc1. The van der Waals surface area contributed by atoms with Crippen LogP contribution in [0.5, 0.6) is 5.75 Å². The zero-order valence-electron chi connectivity index (χ0n) is 14.7. The highest BCUT2D eigenvalue weighted by Crippen LogP contribution is 2.33. The second kappa shape index (κ2) is 9.69. The van der Waals surface area contributed by atoms with Gasteiger partial charge in [-0.25, -0.2) is 0 Å². The Kier molecular flexibility index (Phi) is 7.57. The summed E-state index contributed by atoms with van der Waals surface area (Å²) in [6.45, 7) is 4.26. The van der Waals surface area contributed by atoms with E-state index in [0.717, 1.165) is 30.4 Å². The molecule has 0 N–H and O–H groups in total. The quantitative estimate of drug-likeness (QED) is 0.609. The van der Waals surface area contributed by atoms with Gasteiger partial charge >= 0.3 is 5.97 Å². The lowest BCUT2D eigenvalue weighted by Gasteiger charge is -2.28. The molecule has 0 bridgehead atoms. The number of hydrogen-bond donors (Lipinski definition) is 0. The van der Waals surface area contributed by atoms with Crippen molar-refractivity contribution < 1.29 is 9.53 Å². The van der Waals surface area contributed by atoms with Gasteiger partial charge in [0.2, 0.25) is 0 Å². The fourth-order valence-corrected chi connectivity index (χ4v) is 3.57. The van der Waals surface area contributed by atoms with Gasteiger partial charge in [-0.1, -0.05) is 52.4 Å². The molecule has 0 unspecified atom stereocenters. The minimum Gasteiger partial charge on any atom is -0.425 e. The molecule has 1 aromatic heterocycles. The highest BCUT2D eigenvalue weighted by atomic mass is 16.5. The van der Waals surface area contributed by atoms with Gasteiger partial charge < -0.3 is 4.74 Å². The average Bonchev–Trinajstić information content (AvgIpc) is 2.56. The van der Waals surface area contributed by atoms with Crippen molar-refractivity contribution in [2.75, 3.05) is 0 Å². The normalized spacial score (nSPS) is 21.1. The Morgan fingerprint density at radius 2 is 1.78 bits per heavy atom. The maximum absolute atomic E-state index is 11.5. The third-order valence-electron chi connectivity index (χ3n) is 4.96. The highest BCUT2D eigenvalue weighted by molar-refractivity contribution is 5.72. The van der Waals surface area contributed by atoms with E-state index in [1.165, 1.54) is 44.9 Å². The van der Waals surface area contributed by atoms with Crippen molar-refractivity contribution in [2.24, 2.45) is 11.8 Å². The Morgan fingerprint density at radius 1 is 1.09 bits per heavy atom. The van der Waals surface area contributed by atoms with Crippen LogP contribution in [0.2, 0.25) is 0 Å². The standard InChI is InChI=1S/C20H31NO2/c1-3-5-16-7-9-17(10-8-16)11-12-18-13-14-19(15-21-18)23-20(22)6-4-2/h13-17H,3-12H2,1-2H3/t16-,17-. The van der Waals surface area contributed by atoms with Crippen LogP contribution in [0.25, 0.3) is 0 Å². The van der Waals surface area contributed by atoms with Gasteiger partial charge in [0.1, 0.15) is 5.75 Å². The molecule has 128 valence electrons. The van der Waals surface area contributed by atoms with E-state index in [9.17, 15) is 4.79 Å². The molecule has 0 spiro atoms. The van der Waals surface area contributed by atoms with Gasteiger partial charge in [-0.3, -0.25) is 9.78 Å². The van der Waals surface area contributed by atoms with E-state index in [0.29, 0.717) is 12.2 Å². The van der Waals surface area contributed by atoms with Gasteiger partial charge in [0, 0.05) is 12.1 Å². The molecule has 1 saturated carbocycles. The van der Waals surface area contributed by atoms with Gasteiger partial charge in [0.05, 0.1) is 6.20 Å². The third-order valence-corrected chi connectivity index (χ3v) is 4.96. The maximum Gasteiger partial charge on any atom is 0.311 e. The van der Waals surface area contributed by atoms with Crippen molar-refractivity contribution >= 4 is 5.97 Å². The van der Waals surface area contributed by atoms with Crippen molar-refractivity contribution in [1.82, 2.24) is 4.98 Å². The molecule has 0 radical (unpaired) electrons. The summed E-state index contributed by atoms with van der Waals surface area (Å²) in [5.74, 6) is 2.23. The Hall–Kier alpha value is -1.38. The fraction of sp³-hybridized carbons (Fsp3) is 0.700. The summed E-state index contributed by atoms with van der Waals surface area (Å²) in [5.41, 5.74) is 1.11. The molecular formula is C20H31NO2. The molecule has 0 aromatic carbocycles. The molecule has 1 aliphatic rings. The van der Waals surface area contributed by atoms with Crippen molar-refractivity contribution in [3.8, 4) is 5.75 Å². The molecule has 3 nitrogen and oxygen atoms in total. The second-order valence-corrected chi connectivity index (χ2v) is 6.92. The average molecular weight is 317 g/mol. The molecule has 2 rings (SSSR count). The predicted molar refractivity (Wildman–Crippen MR) is 93.5 cm³/mol. The Balaban J connectivity index is 1.71.